The van der Waals surface area contributed by atoms with Crippen molar-refractivity contribution in [2.45, 2.75) is 58.8 Å². The van der Waals surface area contributed by atoms with E-state index in [0.717, 1.165) is 6.42 Å². The van der Waals surface area contributed by atoms with Gasteiger partial charge in [0.15, 0.2) is 0 Å². The second kappa shape index (κ2) is 8.70. The monoisotopic (exact) mass is 519 g/mol. The van der Waals surface area contributed by atoms with Crippen LogP contribution in [0.15, 0.2) is 103 Å². The summed E-state index contributed by atoms with van der Waals surface area (Å²) in [5.41, 5.74) is 14.8. The van der Waals surface area contributed by atoms with E-state index in [1.54, 1.807) is 0 Å². The topological polar surface area (TPSA) is 4.93 Å². The minimum atomic E-state index is 0.0995. The molecule has 1 aliphatic carbocycles. The van der Waals surface area contributed by atoms with Crippen LogP contribution in [0.2, 0.25) is 0 Å². The zero-order valence-corrected chi connectivity index (χ0v) is 24.5. The van der Waals surface area contributed by atoms with E-state index in [-0.39, 0.29) is 10.8 Å². The van der Waals surface area contributed by atoms with Crippen LogP contribution in [-0.2, 0) is 17.3 Å². The first-order chi connectivity index (χ1) is 19.1. The van der Waals surface area contributed by atoms with Crippen LogP contribution in [-0.4, -0.2) is 4.57 Å². The molecule has 1 heterocycles. The molecule has 0 aliphatic heterocycles. The lowest BCUT2D eigenvalue weighted by Gasteiger charge is -2.19. The molecule has 7 rings (SSSR count). The molecule has 0 amide bonds. The Morgan fingerprint density at radius 2 is 1.05 bits per heavy atom. The third-order valence-corrected chi connectivity index (χ3v) is 8.75. The number of hydrogen-bond donors (Lipinski definition) is 0. The SMILES string of the molecule is CC(C)(C)c1ccc2c(c1)c1cc(C(C)(C)C)ccc1n2-c1ccc(-c2ccc3c(c2)-c2ccccc2C3)cc1. The average molecular weight is 520 g/mol. The molecule has 0 atom stereocenters. The summed E-state index contributed by atoms with van der Waals surface area (Å²) in [6.45, 7) is 13.8. The summed E-state index contributed by atoms with van der Waals surface area (Å²) in [7, 11) is 0. The van der Waals surface area contributed by atoms with Crippen molar-refractivity contribution in [1.29, 1.82) is 0 Å². The van der Waals surface area contributed by atoms with Crippen LogP contribution in [0.5, 0.6) is 0 Å². The van der Waals surface area contributed by atoms with Crippen LogP contribution in [0.1, 0.15) is 63.8 Å². The van der Waals surface area contributed by atoms with Crippen molar-refractivity contribution in [2.24, 2.45) is 0 Å². The molecule has 40 heavy (non-hydrogen) atoms. The molecule has 0 unspecified atom stereocenters. The predicted molar refractivity (Wildman–Crippen MR) is 172 cm³/mol. The van der Waals surface area contributed by atoms with Crippen LogP contribution in [0.25, 0.3) is 49.7 Å². The molecule has 5 aromatic carbocycles. The van der Waals surface area contributed by atoms with Gasteiger partial charge in [-0.15, -0.1) is 0 Å². The summed E-state index contributed by atoms with van der Waals surface area (Å²) >= 11 is 0. The van der Waals surface area contributed by atoms with Crippen molar-refractivity contribution in [3.63, 3.8) is 0 Å². The van der Waals surface area contributed by atoms with Crippen LogP contribution < -0.4 is 0 Å². The van der Waals surface area contributed by atoms with Gasteiger partial charge in [-0.05, 0) is 104 Å². The summed E-state index contributed by atoms with van der Waals surface area (Å²) in [6, 6.07) is 39.0. The molecule has 198 valence electrons. The van der Waals surface area contributed by atoms with Crippen LogP contribution in [0.3, 0.4) is 0 Å². The Hall–Kier alpha value is -4.10. The standard InChI is InChI=1S/C39H37N/c1-38(2,3)29-15-19-36-34(23-29)35-24-30(39(4,5)6)16-20-37(35)40(36)31-17-13-25(14-18-31)26-11-12-28-21-27-9-7-8-10-32(27)33(28)22-26/h7-20,22-24H,21H2,1-6H3. The van der Waals surface area contributed by atoms with E-state index in [9.17, 15) is 0 Å². The number of hydrogen-bond acceptors (Lipinski definition) is 0. The molecule has 0 fully saturated rings. The average Bonchev–Trinajstić information content (AvgIpc) is 3.46. The van der Waals surface area contributed by atoms with Crippen molar-refractivity contribution in [3.8, 4) is 27.9 Å². The Balaban J connectivity index is 1.36. The van der Waals surface area contributed by atoms with Crippen molar-refractivity contribution >= 4 is 21.8 Å². The van der Waals surface area contributed by atoms with E-state index >= 15 is 0 Å². The van der Waals surface area contributed by atoms with Crippen molar-refractivity contribution in [1.82, 2.24) is 4.57 Å². The highest BCUT2D eigenvalue weighted by Crippen LogP contribution is 2.40. The Morgan fingerprint density at radius 1 is 0.500 bits per heavy atom. The maximum atomic E-state index is 2.44. The van der Waals surface area contributed by atoms with E-state index in [0.29, 0.717) is 0 Å². The van der Waals surface area contributed by atoms with Gasteiger partial charge in [-0.2, -0.15) is 0 Å². The van der Waals surface area contributed by atoms with Crippen LogP contribution in [0.4, 0.5) is 0 Å². The van der Waals surface area contributed by atoms with Crippen molar-refractivity contribution < 1.29 is 0 Å². The van der Waals surface area contributed by atoms with Crippen molar-refractivity contribution in [3.05, 3.63) is 125 Å². The molecule has 0 bridgehead atoms. The quantitative estimate of drug-likeness (QED) is 0.214. The zero-order valence-electron chi connectivity index (χ0n) is 24.5. The van der Waals surface area contributed by atoms with Gasteiger partial charge in [0, 0.05) is 16.5 Å². The molecular formula is C39H37N. The Morgan fingerprint density at radius 3 is 1.65 bits per heavy atom. The predicted octanol–water partition coefficient (Wildman–Crippen LogP) is 10.6. The number of rotatable bonds is 2. The summed E-state index contributed by atoms with van der Waals surface area (Å²) < 4.78 is 2.44. The molecule has 0 saturated carbocycles. The number of fused-ring (bicyclic) bond motifs is 6. The summed E-state index contributed by atoms with van der Waals surface area (Å²) in [5.74, 6) is 0. The van der Waals surface area contributed by atoms with Crippen LogP contribution in [0, 0.1) is 0 Å². The summed E-state index contributed by atoms with van der Waals surface area (Å²) in [5, 5.41) is 2.66. The first kappa shape index (κ1) is 24.9. The molecule has 0 saturated heterocycles. The third-order valence-electron chi connectivity index (χ3n) is 8.75. The van der Waals surface area contributed by atoms with Crippen LogP contribution >= 0.6 is 0 Å². The van der Waals surface area contributed by atoms with Gasteiger partial charge in [0.05, 0.1) is 11.0 Å². The first-order valence-corrected chi connectivity index (χ1v) is 14.5. The van der Waals surface area contributed by atoms with E-state index in [1.165, 1.54) is 72.0 Å². The van der Waals surface area contributed by atoms with Crippen molar-refractivity contribution in [2.75, 3.05) is 0 Å². The Kier molecular flexibility index (Phi) is 5.42. The Bertz CT molecular complexity index is 1850. The molecule has 1 heteroatoms. The maximum Gasteiger partial charge on any atom is 0.0541 e. The zero-order chi connectivity index (χ0) is 27.8. The molecule has 0 N–H and O–H groups in total. The maximum absolute atomic E-state index is 2.44. The first-order valence-electron chi connectivity index (χ1n) is 14.5. The van der Waals surface area contributed by atoms with Gasteiger partial charge >= 0.3 is 0 Å². The second-order valence-electron chi connectivity index (χ2n) is 13.6. The Labute approximate surface area is 238 Å². The molecule has 1 aliphatic rings. The largest absolute Gasteiger partial charge is 0.309 e. The van der Waals surface area contributed by atoms with Gasteiger partial charge in [-0.25, -0.2) is 0 Å². The fraction of sp³-hybridized carbons (Fsp3) is 0.231. The summed E-state index contributed by atoms with van der Waals surface area (Å²) in [4.78, 5) is 0. The number of aromatic nitrogens is 1. The number of benzene rings is 5. The highest BCUT2D eigenvalue weighted by molar-refractivity contribution is 6.10. The highest BCUT2D eigenvalue weighted by atomic mass is 15.0. The van der Waals surface area contributed by atoms with E-state index in [1.807, 2.05) is 0 Å². The minimum absolute atomic E-state index is 0.0995. The van der Waals surface area contributed by atoms with Gasteiger partial charge in [-0.3, -0.25) is 0 Å². The van der Waals surface area contributed by atoms with Gasteiger partial charge in [0.25, 0.3) is 0 Å². The molecule has 0 spiro atoms. The normalized spacial score (nSPS) is 13.2. The van der Waals surface area contributed by atoms with Gasteiger partial charge in [0.1, 0.15) is 0 Å². The second-order valence-corrected chi connectivity index (χ2v) is 13.6. The van der Waals surface area contributed by atoms with Gasteiger partial charge < -0.3 is 4.57 Å². The van der Waals surface area contributed by atoms with Gasteiger partial charge in [0.2, 0.25) is 0 Å². The smallest absolute Gasteiger partial charge is 0.0541 e. The molecular weight excluding hydrogens is 482 g/mol. The molecule has 0 radical (unpaired) electrons. The lowest BCUT2D eigenvalue weighted by molar-refractivity contribution is 0.590. The van der Waals surface area contributed by atoms with E-state index in [4.69, 9.17) is 0 Å². The summed E-state index contributed by atoms with van der Waals surface area (Å²) in [6.07, 6.45) is 1.03. The molecule has 6 aromatic rings. The number of nitrogens with zero attached hydrogens (tertiary/aromatic N) is 1. The molecule has 1 nitrogen and oxygen atoms in total. The lowest BCUT2D eigenvalue weighted by Crippen LogP contribution is -2.10. The van der Waals surface area contributed by atoms with E-state index in [2.05, 4.69) is 149 Å². The van der Waals surface area contributed by atoms with Gasteiger partial charge in [-0.1, -0.05) is 102 Å². The fourth-order valence-electron chi connectivity index (χ4n) is 6.34. The third kappa shape index (κ3) is 3.99. The highest BCUT2D eigenvalue weighted by Gasteiger charge is 2.21. The fourth-order valence-corrected chi connectivity index (χ4v) is 6.34. The minimum Gasteiger partial charge on any atom is -0.309 e. The lowest BCUT2D eigenvalue weighted by atomic mass is 9.85. The van der Waals surface area contributed by atoms with E-state index < -0.39 is 0 Å². The molecule has 1 aromatic heterocycles.